The van der Waals surface area contributed by atoms with Crippen LogP contribution in [0.15, 0.2) is 0 Å². The van der Waals surface area contributed by atoms with E-state index >= 15 is 0 Å². The highest BCUT2D eigenvalue weighted by Gasteiger charge is 2.23. The Hall–Kier alpha value is -1.30. The molecule has 0 spiro atoms. The molecule has 3 N–H and O–H groups in total. The number of carboxylic acids is 1. The minimum absolute atomic E-state index is 0.00911. The van der Waals surface area contributed by atoms with Crippen molar-refractivity contribution in [2.24, 2.45) is 5.92 Å². The van der Waals surface area contributed by atoms with Crippen molar-refractivity contribution in [1.82, 2.24) is 15.5 Å². The number of hydrogen-bond acceptors (Lipinski definition) is 3. The number of rotatable bonds is 8. The van der Waals surface area contributed by atoms with Crippen molar-refractivity contribution in [3.63, 3.8) is 0 Å². The van der Waals surface area contributed by atoms with Crippen LogP contribution in [0.5, 0.6) is 0 Å². The molecule has 1 saturated heterocycles. The van der Waals surface area contributed by atoms with E-state index in [4.69, 9.17) is 5.11 Å². The van der Waals surface area contributed by atoms with Crippen LogP contribution in [0.2, 0.25) is 0 Å². The fraction of sp³-hybridized carbons (Fsp3) is 0.867. The van der Waals surface area contributed by atoms with E-state index in [0.717, 1.165) is 38.9 Å². The molecule has 1 rings (SSSR count). The van der Waals surface area contributed by atoms with Gasteiger partial charge in [-0.1, -0.05) is 6.92 Å². The summed E-state index contributed by atoms with van der Waals surface area (Å²) in [6.07, 6.45) is 3.71. The summed E-state index contributed by atoms with van der Waals surface area (Å²) in [5.74, 6) is -0.440. The summed E-state index contributed by atoms with van der Waals surface area (Å²) in [4.78, 5) is 24.6. The van der Waals surface area contributed by atoms with Gasteiger partial charge in [0.05, 0.1) is 0 Å². The molecular weight excluding hydrogens is 270 g/mol. The lowest BCUT2D eigenvalue weighted by Crippen LogP contribution is -2.50. The first-order chi connectivity index (χ1) is 10.0. The summed E-state index contributed by atoms with van der Waals surface area (Å²) >= 11 is 0. The maximum Gasteiger partial charge on any atom is 0.317 e. The number of piperidine rings is 1. The number of urea groups is 1. The van der Waals surface area contributed by atoms with Crippen LogP contribution in [0.1, 0.15) is 46.0 Å². The Bertz CT molecular complexity index is 330. The molecule has 6 heteroatoms. The molecule has 1 heterocycles. The Morgan fingerprint density at radius 3 is 2.57 bits per heavy atom. The molecular formula is C15H29N3O3. The molecule has 0 saturated carbocycles. The zero-order valence-corrected chi connectivity index (χ0v) is 13.2. The van der Waals surface area contributed by atoms with E-state index < -0.39 is 5.97 Å². The van der Waals surface area contributed by atoms with E-state index in [9.17, 15) is 9.59 Å². The van der Waals surface area contributed by atoms with Crippen LogP contribution in [0.4, 0.5) is 4.79 Å². The van der Waals surface area contributed by atoms with Crippen LogP contribution in [-0.2, 0) is 4.79 Å². The standard InChI is InChI=1S/C15H29N3O3/c1-3-18(13-7-9-16-10-8-13)15(21)17-11-6-12(2)4-5-14(19)20/h12-13,16H,3-11H2,1-2H3,(H,17,21)(H,19,20). The second kappa shape index (κ2) is 9.60. The normalized spacial score (nSPS) is 17.2. The van der Waals surface area contributed by atoms with Crippen molar-refractivity contribution in [2.75, 3.05) is 26.2 Å². The topological polar surface area (TPSA) is 81.7 Å². The van der Waals surface area contributed by atoms with Crippen LogP contribution in [0.25, 0.3) is 0 Å². The van der Waals surface area contributed by atoms with E-state index in [1.165, 1.54) is 0 Å². The monoisotopic (exact) mass is 299 g/mol. The Morgan fingerprint density at radius 1 is 1.33 bits per heavy atom. The number of nitrogens with zero attached hydrogens (tertiary/aromatic N) is 1. The molecule has 21 heavy (non-hydrogen) atoms. The lowest BCUT2D eigenvalue weighted by molar-refractivity contribution is -0.137. The Labute approximate surface area is 127 Å². The van der Waals surface area contributed by atoms with Gasteiger partial charge in [-0.2, -0.15) is 0 Å². The predicted octanol–water partition coefficient (Wildman–Crippen LogP) is 1.66. The number of carboxylic acid groups (broad SMARTS) is 1. The van der Waals surface area contributed by atoms with Crippen LogP contribution in [0.3, 0.4) is 0 Å². The highest BCUT2D eigenvalue weighted by molar-refractivity contribution is 5.74. The van der Waals surface area contributed by atoms with Gasteiger partial charge in [0.2, 0.25) is 0 Å². The Balaban J connectivity index is 2.25. The van der Waals surface area contributed by atoms with Crippen LogP contribution < -0.4 is 10.6 Å². The summed E-state index contributed by atoms with van der Waals surface area (Å²) in [5.41, 5.74) is 0. The lowest BCUT2D eigenvalue weighted by atomic mass is 10.0. The summed E-state index contributed by atoms with van der Waals surface area (Å²) < 4.78 is 0. The van der Waals surface area contributed by atoms with Gasteiger partial charge in [0.25, 0.3) is 0 Å². The van der Waals surface area contributed by atoms with E-state index in [-0.39, 0.29) is 12.5 Å². The summed E-state index contributed by atoms with van der Waals surface area (Å²) in [6, 6.07) is 0.343. The summed E-state index contributed by atoms with van der Waals surface area (Å²) in [6.45, 7) is 7.32. The number of hydrogen-bond donors (Lipinski definition) is 3. The molecule has 6 nitrogen and oxygen atoms in total. The molecule has 0 aliphatic carbocycles. The van der Waals surface area contributed by atoms with Crippen molar-refractivity contribution in [2.45, 2.75) is 52.0 Å². The highest BCUT2D eigenvalue weighted by atomic mass is 16.4. The number of carbonyl (C=O) groups excluding carboxylic acids is 1. The van der Waals surface area contributed by atoms with Crippen LogP contribution in [-0.4, -0.2) is 54.2 Å². The first kappa shape index (κ1) is 17.8. The van der Waals surface area contributed by atoms with Gasteiger partial charge >= 0.3 is 12.0 Å². The molecule has 0 bridgehead atoms. The average Bonchev–Trinajstić information content (AvgIpc) is 2.47. The van der Waals surface area contributed by atoms with Crippen molar-refractivity contribution in [3.8, 4) is 0 Å². The third-order valence-corrected chi connectivity index (χ3v) is 4.12. The zero-order chi connectivity index (χ0) is 15.7. The molecule has 1 aliphatic heterocycles. The van der Waals surface area contributed by atoms with E-state index in [1.54, 1.807) is 0 Å². The molecule has 1 aliphatic rings. The smallest absolute Gasteiger partial charge is 0.317 e. The summed E-state index contributed by atoms with van der Waals surface area (Å²) in [7, 11) is 0. The quantitative estimate of drug-likeness (QED) is 0.636. The first-order valence-corrected chi connectivity index (χ1v) is 8.01. The first-order valence-electron chi connectivity index (χ1n) is 8.01. The lowest BCUT2D eigenvalue weighted by Gasteiger charge is -2.34. The van der Waals surface area contributed by atoms with E-state index in [1.807, 2.05) is 18.7 Å². The third kappa shape index (κ3) is 6.80. The molecule has 0 radical (unpaired) electrons. The molecule has 122 valence electrons. The third-order valence-electron chi connectivity index (χ3n) is 4.12. The van der Waals surface area contributed by atoms with Gasteiger partial charge < -0.3 is 20.6 Å². The fourth-order valence-electron chi connectivity index (χ4n) is 2.73. The van der Waals surface area contributed by atoms with Gasteiger partial charge in [0.15, 0.2) is 0 Å². The molecule has 0 aromatic rings. The number of amides is 2. The Kier molecular flexibility index (Phi) is 8.12. The number of aliphatic carboxylic acids is 1. The maximum atomic E-state index is 12.2. The molecule has 0 aromatic heterocycles. The largest absolute Gasteiger partial charge is 0.481 e. The molecule has 1 atom stereocenters. The number of nitrogens with one attached hydrogen (secondary N) is 2. The zero-order valence-electron chi connectivity index (χ0n) is 13.2. The molecule has 2 amide bonds. The second-order valence-corrected chi connectivity index (χ2v) is 5.83. The average molecular weight is 299 g/mol. The number of carbonyl (C=O) groups is 2. The van der Waals surface area contributed by atoms with Crippen molar-refractivity contribution in [1.29, 1.82) is 0 Å². The van der Waals surface area contributed by atoms with Gasteiger partial charge in [-0.25, -0.2) is 4.79 Å². The van der Waals surface area contributed by atoms with E-state index in [2.05, 4.69) is 10.6 Å². The molecule has 1 unspecified atom stereocenters. The van der Waals surface area contributed by atoms with E-state index in [0.29, 0.717) is 24.9 Å². The SMILES string of the molecule is CCN(C(=O)NCCC(C)CCC(=O)O)C1CCNCC1. The molecule has 1 fully saturated rings. The highest BCUT2D eigenvalue weighted by Crippen LogP contribution is 2.12. The van der Waals surface area contributed by atoms with Gasteiger partial charge in [-0.15, -0.1) is 0 Å². The van der Waals surface area contributed by atoms with Crippen molar-refractivity contribution >= 4 is 12.0 Å². The second-order valence-electron chi connectivity index (χ2n) is 5.83. The Morgan fingerprint density at radius 2 is 2.00 bits per heavy atom. The van der Waals surface area contributed by atoms with Gasteiger partial charge in [0, 0.05) is 25.6 Å². The van der Waals surface area contributed by atoms with Crippen molar-refractivity contribution in [3.05, 3.63) is 0 Å². The minimum Gasteiger partial charge on any atom is -0.481 e. The van der Waals surface area contributed by atoms with Gasteiger partial charge in [0.1, 0.15) is 0 Å². The summed E-state index contributed by atoms with van der Waals surface area (Å²) in [5, 5.41) is 14.9. The maximum absolute atomic E-state index is 12.2. The van der Waals surface area contributed by atoms with Crippen LogP contribution >= 0.6 is 0 Å². The van der Waals surface area contributed by atoms with Crippen molar-refractivity contribution < 1.29 is 14.7 Å². The minimum atomic E-state index is -0.756. The molecule has 0 aromatic carbocycles. The van der Waals surface area contributed by atoms with Crippen LogP contribution in [0, 0.1) is 5.92 Å². The predicted molar refractivity (Wildman–Crippen MR) is 82.3 cm³/mol. The fourth-order valence-corrected chi connectivity index (χ4v) is 2.73. The van der Waals surface area contributed by atoms with Gasteiger partial charge in [-0.3, -0.25) is 4.79 Å². The van der Waals surface area contributed by atoms with Gasteiger partial charge in [-0.05, 0) is 51.6 Å².